The molecule has 0 aromatic heterocycles. The highest BCUT2D eigenvalue weighted by molar-refractivity contribution is 5.79. The normalized spacial score (nSPS) is 25.9. The lowest BCUT2D eigenvalue weighted by Crippen LogP contribution is -2.45. The number of alkyl halides is 3. The minimum atomic E-state index is -4.15. The van der Waals surface area contributed by atoms with Crippen LogP contribution in [0.25, 0.3) is 0 Å². The Morgan fingerprint density at radius 2 is 2.11 bits per heavy atom. The van der Waals surface area contributed by atoms with E-state index in [9.17, 15) is 18.0 Å². The highest BCUT2D eigenvalue weighted by atomic mass is 19.4. The van der Waals surface area contributed by atoms with E-state index in [2.05, 4.69) is 5.32 Å². The second-order valence-corrected chi connectivity index (χ2v) is 5.33. The molecule has 0 saturated heterocycles. The first-order chi connectivity index (χ1) is 8.88. The maximum Gasteiger partial charge on any atom is 0.391 e. The summed E-state index contributed by atoms with van der Waals surface area (Å²) < 4.78 is 38.0. The molecule has 0 aromatic rings. The Labute approximate surface area is 112 Å². The maximum atomic E-state index is 12.7. The molecule has 3 nitrogen and oxygen atoms in total. The van der Waals surface area contributed by atoms with Crippen LogP contribution in [0.2, 0.25) is 0 Å². The van der Waals surface area contributed by atoms with E-state index < -0.39 is 12.1 Å². The molecule has 0 radical (unpaired) electrons. The van der Waals surface area contributed by atoms with Crippen LogP contribution >= 0.6 is 0 Å². The molecule has 112 valence electrons. The molecule has 0 aliphatic heterocycles. The second-order valence-electron chi connectivity index (χ2n) is 5.33. The van der Waals surface area contributed by atoms with Gasteiger partial charge in [0.05, 0.1) is 11.8 Å². The number of nitrogens with one attached hydrogen (secondary N) is 1. The fourth-order valence-corrected chi connectivity index (χ4v) is 2.64. The predicted octanol–water partition coefficient (Wildman–Crippen LogP) is 2.60. The Balaban J connectivity index is 2.50. The van der Waals surface area contributed by atoms with E-state index in [0.29, 0.717) is 19.3 Å². The number of rotatable bonds is 5. The molecule has 1 fully saturated rings. The summed E-state index contributed by atoms with van der Waals surface area (Å²) in [5.74, 6) is -1.76. The third-order valence-corrected chi connectivity index (χ3v) is 3.78. The van der Waals surface area contributed by atoms with Crippen molar-refractivity contribution in [1.29, 1.82) is 0 Å². The zero-order valence-electron chi connectivity index (χ0n) is 11.3. The average Bonchev–Trinajstić information content (AvgIpc) is 2.35. The van der Waals surface area contributed by atoms with Gasteiger partial charge in [0, 0.05) is 12.6 Å². The third-order valence-electron chi connectivity index (χ3n) is 3.78. The van der Waals surface area contributed by atoms with E-state index in [4.69, 9.17) is 5.73 Å². The molecule has 19 heavy (non-hydrogen) atoms. The number of halogens is 3. The van der Waals surface area contributed by atoms with Crippen molar-refractivity contribution in [2.75, 3.05) is 6.54 Å². The van der Waals surface area contributed by atoms with Crippen LogP contribution < -0.4 is 11.1 Å². The van der Waals surface area contributed by atoms with Gasteiger partial charge < -0.3 is 11.1 Å². The van der Waals surface area contributed by atoms with E-state index >= 15 is 0 Å². The van der Waals surface area contributed by atoms with E-state index in [1.54, 1.807) is 0 Å². The van der Waals surface area contributed by atoms with Crippen LogP contribution in [-0.2, 0) is 4.79 Å². The maximum absolute atomic E-state index is 12.7. The van der Waals surface area contributed by atoms with Gasteiger partial charge in [0.1, 0.15) is 0 Å². The van der Waals surface area contributed by atoms with Crippen LogP contribution in [0.5, 0.6) is 0 Å². The molecule has 1 aliphatic carbocycles. The molecular formula is C13H23F3N2O. The van der Waals surface area contributed by atoms with Gasteiger partial charge in [-0.15, -0.1) is 0 Å². The Morgan fingerprint density at radius 1 is 1.42 bits per heavy atom. The van der Waals surface area contributed by atoms with Crippen LogP contribution in [0.3, 0.4) is 0 Å². The SMILES string of the molecule is CCCC(CN)C(=O)NC1CCCC(C(F)(F)F)C1. The highest BCUT2D eigenvalue weighted by Gasteiger charge is 2.42. The first-order valence-electron chi connectivity index (χ1n) is 6.95. The van der Waals surface area contributed by atoms with Gasteiger partial charge in [-0.05, 0) is 25.7 Å². The molecule has 0 heterocycles. The van der Waals surface area contributed by atoms with Crippen LogP contribution in [0.1, 0.15) is 45.4 Å². The lowest BCUT2D eigenvalue weighted by atomic mass is 9.85. The monoisotopic (exact) mass is 280 g/mol. The molecule has 1 rings (SSSR count). The first-order valence-corrected chi connectivity index (χ1v) is 6.95. The number of hydrogen-bond donors (Lipinski definition) is 2. The molecule has 0 bridgehead atoms. The fraction of sp³-hybridized carbons (Fsp3) is 0.923. The van der Waals surface area contributed by atoms with Gasteiger partial charge in [0.25, 0.3) is 0 Å². The standard InChI is InChI=1S/C13H23F3N2O/c1-2-4-9(8-17)12(19)18-11-6-3-5-10(7-11)13(14,15)16/h9-11H,2-8,17H2,1H3,(H,18,19). The molecule has 1 aliphatic rings. The predicted molar refractivity (Wildman–Crippen MR) is 67.4 cm³/mol. The van der Waals surface area contributed by atoms with Gasteiger partial charge in [0.15, 0.2) is 0 Å². The van der Waals surface area contributed by atoms with Crippen molar-refractivity contribution in [3.8, 4) is 0 Å². The van der Waals surface area contributed by atoms with Crippen molar-refractivity contribution >= 4 is 5.91 Å². The summed E-state index contributed by atoms with van der Waals surface area (Å²) >= 11 is 0. The van der Waals surface area contributed by atoms with E-state index in [0.717, 1.165) is 6.42 Å². The molecule has 3 unspecified atom stereocenters. The molecule has 0 spiro atoms. The third kappa shape index (κ3) is 5.01. The van der Waals surface area contributed by atoms with E-state index in [1.165, 1.54) is 0 Å². The lowest BCUT2D eigenvalue weighted by Gasteiger charge is -2.31. The van der Waals surface area contributed by atoms with Gasteiger partial charge in [-0.3, -0.25) is 4.79 Å². The zero-order valence-corrected chi connectivity index (χ0v) is 11.3. The molecule has 6 heteroatoms. The van der Waals surface area contributed by atoms with E-state index in [1.807, 2.05) is 6.92 Å². The number of carbonyl (C=O) groups excluding carboxylic acids is 1. The molecule has 3 N–H and O–H groups in total. The molecule has 1 amide bonds. The number of amides is 1. The number of hydrogen-bond acceptors (Lipinski definition) is 2. The minimum absolute atomic E-state index is 0.00133. The lowest BCUT2D eigenvalue weighted by molar-refractivity contribution is -0.184. The smallest absolute Gasteiger partial charge is 0.353 e. The summed E-state index contributed by atoms with van der Waals surface area (Å²) in [6.07, 6.45) is -1.33. The molecule has 1 saturated carbocycles. The van der Waals surface area contributed by atoms with Gasteiger partial charge in [-0.25, -0.2) is 0 Å². The summed E-state index contributed by atoms with van der Waals surface area (Å²) in [6, 6.07) is -0.362. The van der Waals surface area contributed by atoms with Crippen molar-refractivity contribution in [3.63, 3.8) is 0 Å². The number of carbonyl (C=O) groups is 1. The van der Waals surface area contributed by atoms with Gasteiger partial charge in [-0.2, -0.15) is 13.2 Å². The Kier molecular flexibility index (Phi) is 6.10. The Hall–Kier alpha value is -0.780. The quantitative estimate of drug-likeness (QED) is 0.813. The Bertz CT molecular complexity index is 294. The summed E-state index contributed by atoms with van der Waals surface area (Å²) in [7, 11) is 0. The minimum Gasteiger partial charge on any atom is -0.353 e. The first kappa shape index (κ1) is 16.3. The van der Waals surface area contributed by atoms with Gasteiger partial charge in [0.2, 0.25) is 5.91 Å². The van der Waals surface area contributed by atoms with Gasteiger partial charge in [-0.1, -0.05) is 19.8 Å². The van der Waals surface area contributed by atoms with Crippen molar-refractivity contribution in [2.45, 2.75) is 57.7 Å². The van der Waals surface area contributed by atoms with Gasteiger partial charge >= 0.3 is 6.18 Å². The summed E-state index contributed by atoms with van der Waals surface area (Å²) in [5, 5.41) is 2.74. The average molecular weight is 280 g/mol. The van der Waals surface area contributed by atoms with Crippen LogP contribution in [0, 0.1) is 11.8 Å². The summed E-state index contributed by atoms with van der Waals surface area (Å²) in [4.78, 5) is 11.9. The van der Waals surface area contributed by atoms with Crippen molar-refractivity contribution < 1.29 is 18.0 Å². The van der Waals surface area contributed by atoms with Crippen molar-refractivity contribution in [1.82, 2.24) is 5.32 Å². The van der Waals surface area contributed by atoms with E-state index in [-0.39, 0.29) is 37.3 Å². The Morgan fingerprint density at radius 3 is 2.63 bits per heavy atom. The van der Waals surface area contributed by atoms with Crippen molar-refractivity contribution in [3.05, 3.63) is 0 Å². The fourth-order valence-electron chi connectivity index (χ4n) is 2.64. The topological polar surface area (TPSA) is 55.1 Å². The second kappa shape index (κ2) is 7.12. The summed E-state index contributed by atoms with van der Waals surface area (Å²) in [5.41, 5.74) is 5.52. The van der Waals surface area contributed by atoms with Crippen molar-refractivity contribution in [2.24, 2.45) is 17.6 Å². The molecular weight excluding hydrogens is 257 g/mol. The number of nitrogens with two attached hydrogens (primary N) is 1. The van der Waals surface area contributed by atoms with Crippen LogP contribution in [0.4, 0.5) is 13.2 Å². The highest BCUT2D eigenvalue weighted by Crippen LogP contribution is 2.37. The molecule has 0 aromatic carbocycles. The molecule has 3 atom stereocenters. The zero-order chi connectivity index (χ0) is 14.5. The van der Waals surface area contributed by atoms with Crippen LogP contribution in [-0.4, -0.2) is 24.7 Å². The van der Waals surface area contributed by atoms with Crippen LogP contribution in [0.15, 0.2) is 0 Å². The summed E-state index contributed by atoms with van der Waals surface area (Å²) in [6.45, 7) is 2.20. The largest absolute Gasteiger partial charge is 0.391 e.